The van der Waals surface area contributed by atoms with Crippen molar-refractivity contribution in [1.29, 1.82) is 0 Å². The average molecular weight is 578 g/mol. The third kappa shape index (κ3) is 4.32. The van der Waals surface area contributed by atoms with Crippen molar-refractivity contribution in [2.45, 2.75) is 51.2 Å². The van der Waals surface area contributed by atoms with E-state index in [0.717, 1.165) is 65.3 Å². The zero-order valence-corrected chi connectivity index (χ0v) is 24.6. The van der Waals surface area contributed by atoms with Crippen LogP contribution < -0.4 is 15.8 Å². The summed E-state index contributed by atoms with van der Waals surface area (Å²) >= 11 is 0. The number of nitrogens with one attached hydrogen (secondary N) is 1. The van der Waals surface area contributed by atoms with Crippen molar-refractivity contribution < 1.29 is 9.53 Å². The molecule has 0 spiro atoms. The molecule has 2 bridgehead atoms. The second-order valence-electron chi connectivity index (χ2n) is 12.3. The predicted octanol–water partition coefficient (Wildman–Crippen LogP) is 4.41. The van der Waals surface area contributed by atoms with Crippen molar-refractivity contribution in [3.05, 3.63) is 54.0 Å². The van der Waals surface area contributed by atoms with E-state index in [0.29, 0.717) is 34.8 Å². The summed E-state index contributed by atoms with van der Waals surface area (Å²) in [5, 5.41) is 4.36. The SMILES string of the molecule is COc1cc(C(=O)N2CC3CCC2C3N)cc2nc(-c3cc4ccc(Nc5ccnc(C)n5)nc4n3CC3CC3)n(C)c12. The van der Waals surface area contributed by atoms with Crippen LogP contribution in [0, 0.1) is 18.8 Å². The summed E-state index contributed by atoms with van der Waals surface area (Å²) in [6, 6.07) is 12.0. The number of imidazole rings is 1. The van der Waals surface area contributed by atoms with Gasteiger partial charge in [-0.05, 0) is 80.8 Å². The quantitative estimate of drug-likeness (QED) is 0.291. The van der Waals surface area contributed by atoms with Gasteiger partial charge in [0.15, 0.2) is 5.82 Å². The van der Waals surface area contributed by atoms with E-state index in [2.05, 4.69) is 36.6 Å². The second-order valence-corrected chi connectivity index (χ2v) is 12.3. The highest BCUT2D eigenvalue weighted by atomic mass is 16.5. The van der Waals surface area contributed by atoms with E-state index in [1.165, 1.54) is 12.8 Å². The number of amides is 1. The lowest BCUT2D eigenvalue weighted by Gasteiger charge is -2.27. The molecule has 4 aromatic heterocycles. The summed E-state index contributed by atoms with van der Waals surface area (Å²) in [5.41, 5.74) is 10.5. The molecule has 0 radical (unpaired) electrons. The van der Waals surface area contributed by atoms with Crippen molar-refractivity contribution in [1.82, 2.24) is 34.0 Å². The number of rotatable bonds is 7. The number of piperidine rings is 1. The number of nitrogens with two attached hydrogens (primary N) is 1. The van der Waals surface area contributed by atoms with Gasteiger partial charge in [0.1, 0.15) is 34.4 Å². The zero-order chi connectivity index (χ0) is 29.4. The molecule has 2 saturated carbocycles. The summed E-state index contributed by atoms with van der Waals surface area (Å²) in [5.74, 6) is 4.57. The predicted molar refractivity (Wildman–Crippen MR) is 164 cm³/mol. The lowest BCUT2D eigenvalue weighted by molar-refractivity contribution is 0.0700. The molecule has 3 atom stereocenters. The molecule has 3 aliphatic rings. The van der Waals surface area contributed by atoms with E-state index in [-0.39, 0.29) is 18.0 Å². The number of ether oxygens (including phenoxy) is 1. The van der Waals surface area contributed by atoms with Gasteiger partial charge in [-0.15, -0.1) is 0 Å². The number of likely N-dealkylation sites (tertiary alicyclic amines) is 1. The number of pyridine rings is 1. The minimum absolute atomic E-state index is 0.000936. The number of benzene rings is 1. The summed E-state index contributed by atoms with van der Waals surface area (Å²) < 4.78 is 10.2. The third-order valence-corrected chi connectivity index (χ3v) is 9.46. The number of fused-ring (bicyclic) bond motifs is 4. The van der Waals surface area contributed by atoms with Crippen molar-refractivity contribution in [3.8, 4) is 17.3 Å². The number of carbonyl (C=O) groups is 1. The molecule has 1 aliphatic heterocycles. The molecule has 8 rings (SSSR count). The maximum absolute atomic E-state index is 13.7. The third-order valence-electron chi connectivity index (χ3n) is 9.46. The lowest BCUT2D eigenvalue weighted by atomic mass is 10.1. The Morgan fingerprint density at radius 3 is 2.63 bits per heavy atom. The monoisotopic (exact) mass is 577 g/mol. The second kappa shape index (κ2) is 9.77. The number of hydrogen-bond donors (Lipinski definition) is 2. The Kier molecular flexibility index (Phi) is 5.94. The Balaban J connectivity index is 1.21. The van der Waals surface area contributed by atoms with Crippen LogP contribution in [0.15, 0.2) is 42.6 Å². The Bertz CT molecular complexity index is 1910. The van der Waals surface area contributed by atoms with E-state index < -0.39 is 0 Å². The van der Waals surface area contributed by atoms with Gasteiger partial charge in [0, 0.05) is 49.4 Å². The molecular formula is C32H35N9O2. The van der Waals surface area contributed by atoms with Gasteiger partial charge in [-0.3, -0.25) is 4.79 Å². The molecule has 3 N–H and O–H groups in total. The van der Waals surface area contributed by atoms with Gasteiger partial charge >= 0.3 is 0 Å². The highest BCUT2D eigenvalue weighted by Gasteiger charge is 2.47. The highest BCUT2D eigenvalue weighted by molar-refractivity contribution is 6.00. The first-order valence-corrected chi connectivity index (χ1v) is 15.1. The molecule has 1 amide bonds. The minimum Gasteiger partial charge on any atom is -0.494 e. The number of aromatic nitrogens is 6. The molecule has 43 heavy (non-hydrogen) atoms. The summed E-state index contributed by atoms with van der Waals surface area (Å²) in [7, 11) is 3.65. The molecule has 5 heterocycles. The van der Waals surface area contributed by atoms with Crippen LogP contribution in [0.4, 0.5) is 11.6 Å². The van der Waals surface area contributed by atoms with Crippen LogP contribution in [-0.4, -0.2) is 65.6 Å². The van der Waals surface area contributed by atoms with Crippen molar-refractivity contribution >= 4 is 39.6 Å². The molecular weight excluding hydrogens is 542 g/mol. The lowest BCUT2D eigenvalue weighted by Crippen LogP contribution is -2.41. The molecule has 11 nitrogen and oxygen atoms in total. The Labute approximate surface area is 249 Å². The molecule has 5 aromatic rings. The van der Waals surface area contributed by atoms with E-state index in [1.807, 2.05) is 43.1 Å². The first-order valence-electron chi connectivity index (χ1n) is 15.1. The van der Waals surface area contributed by atoms with E-state index in [4.69, 9.17) is 20.4 Å². The van der Waals surface area contributed by atoms with Crippen molar-refractivity contribution in [3.63, 3.8) is 0 Å². The first-order chi connectivity index (χ1) is 20.9. The van der Waals surface area contributed by atoms with Crippen molar-refractivity contribution in [2.75, 3.05) is 19.0 Å². The molecule has 3 unspecified atom stereocenters. The summed E-state index contributed by atoms with van der Waals surface area (Å²) in [6.07, 6.45) is 6.23. The van der Waals surface area contributed by atoms with Gasteiger partial charge in [0.05, 0.1) is 18.3 Å². The van der Waals surface area contributed by atoms with Crippen LogP contribution in [0.5, 0.6) is 5.75 Å². The smallest absolute Gasteiger partial charge is 0.254 e. The fourth-order valence-corrected chi connectivity index (χ4v) is 7.05. The van der Waals surface area contributed by atoms with Gasteiger partial charge in [-0.25, -0.2) is 19.9 Å². The van der Waals surface area contributed by atoms with Crippen LogP contribution in [0.2, 0.25) is 0 Å². The Hall–Kier alpha value is -4.51. The van der Waals surface area contributed by atoms with Crippen LogP contribution in [0.3, 0.4) is 0 Å². The number of nitrogens with zero attached hydrogens (tertiary/aromatic N) is 7. The summed E-state index contributed by atoms with van der Waals surface area (Å²) in [4.78, 5) is 34.4. The van der Waals surface area contributed by atoms with Crippen molar-refractivity contribution in [2.24, 2.45) is 24.6 Å². The average Bonchev–Trinajstić information content (AvgIpc) is 3.41. The topological polar surface area (TPSA) is 129 Å². The zero-order valence-electron chi connectivity index (χ0n) is 24.6. The maximum Gasteiger partial charge on any atom is 0.254 e. The highest BCUT2D eigenvalue weighted by Crippen LogP contribution is 2.40. The number of anilines is 2. The number of carbonyl (C=O) groups excluding carboxylic acids is 1. The normalized spacial score (nSPS) is 21.3. The van der Waals surface area contributed by atoms with Gasteiger partial charge in [0.25, 0.3) is 5.91 Å². The molecule has 1 aromatic carbocycles. The van der Waals surface area contributed by atoms with Gasteiger partial charge in [-0.1, -0.05) is 0 Å². The molecule has 220 valence electrons. The number of methoxy groups -OCH3 is 1. The number of hydrogen-bond acceptors (Lipinski definition) is 8. The van der Waals surface area contributed by atoms with Crippen LogP contribution in [-0.2, 0) is 13.6 Å². The fourth-order valence-electron chi connectivity index (χ4n) is 7.05. The van der Waals surface area contributed by atoms with Crippen LogP contribution >= 0.6 is 0 Å². The standard InChI is InChI=1S/C32H35N9O2/c1-17-34-11-10-27(35-17)37-26-9-7-19-13-24(40(30(19)38-26)15-18-4-5-18)31-36-22-12-21(14-25(43-3)29(22)39(31)2)32(42)41-16-20-6-8-23(41)28(20)33/h7,9-14,18,20,23,28H,4-6,8,15-16,33H2,1-3H3,(H,34,35,37,38). The first kappa shape index (κ1) is 26.1. The van der Waals surface area contributed by atoms with Gasteiger partial charge < -0.3 is 29.8 Å². The Morgan fingerprint density at radius 1 is 1.07 bits per heavy atom. The van der Waals surface area contributed by atoms with E-state index >= 15 is 0 Å². The maximum atomic E-state index is 13.7. The van der Waals surface area contributed by atoms with E-state index in [9.17, 15) is 4.79 Å². The summed E-state index contributed by atoms with van der Waals surface area (Å²) in [6.45, 7) is 3.45. The van der Waals surface area contributed by atoms with E-state index in [1.54, 1.807) is 13.3 Å². The minimum atomic E-state index is 0.000936. The van der Waals surface area contributed by atoms with Crippen LogP contribution in [0.1, 0.15) is 41.9 Å². The molecule has 3 fully saturated rings. The molecule has 11 heteroatoms. The largest absolute Gasteiger partial charge is 0.494 e. The van der Waals surface area contributed by atoms with Gasteiger partial charge in [0.2, 0.25) is 0 Å². The Morgan fingerprint density at radius 2 is 1.91 bits per heavy atom. The molecule has 1 saturated heterocycles. The number of aryl methyl sites for hydroxylation is 2. The fraction of sp³-hybridized carbons (Fsp3) is 0.406. The molecule has 2 aliphatic carbocycles. The van der Waals surface area contributed by atoms with Crippen LogP contribution in [0.25, 0.3) is 33.6 Å². The van der Waals surface area contributed by atoms with Gasteiger partial charge in [-0.2, -0.15) is 0 Å².